The molecule has 90 valence electrons. The molecule has 1 rings (SSSR count). The molecule has 4 heteroatoms. The number of ether oxygens (including phenoxy) is 2. The SMILES string of the molecule is CNC(C)c1ccnc(OCCCOC)c1. The number of pyridine rings is 1. The molecule has 0 aromatic carbocycles. The van der Waals surface area contributed by atoms with Crippen LogP contribution in [-0.2, 0) is 4.74 Å². The van der Waals surface area contributed by atoms with E-state index < -0.39 is 0 Å². The van der Waals surface area contributed by atoms with E-state index in [9.17, 15) is 0 Å². The van der Waals surface area contributed by atoms with Crippen LogP contribution in [0.1, 0.15) is 24.9 Å². The van der Waals surface area contributed by atoms with Crippen molar-refractivity contribution in [2.24, 2.45) is 0 Å². The minimum atomic E-state index is 0.310. The van der Waals surface area contributed by atoms with Crippen molar-refractivity contribution in [2.75, 3.05) is 27.4 Å². The van der Waals surface area contributed by atoms with Crippen LogP contribution in [0.3, 0.4) is 0 Å². The normalized spacial score (nSPS) is 12.4. The Labute approximate surface area is 97.0 Å². The summed E-state index contributed by atoms with van der Waals surface area (Å²) in [6.45, 7) is 3.45. The number of hydrogen-bond acceptors (Lipinski definition) is 4. The highest BCUT2D eigenvalue weighted by molar-refractivity contribution is 5.23. The van der Waals surface area contributed by atoms with Crippen molar-refractivity contribution < 1.29 is 9.47 Å². The van der Waals surface area contributed by atoms with Gasteiger partial charge in [0.15, 0.2) is 0 Å². The van der Waals surface area contributed by atoms with Gasteiger partial charge >= 0.3 is 0 Å². The monoisotopic (exact) mass is 224 g/mol. The molecule has 0 bridgehead atoms. The average Bonchev–Trinajstić information content (AvgIpc) is 2.34. The highest BCUT2D eigenvalue weighted by atomic mass is 16.5. The summed E-state index contributed by atoms with van der Waals surface area (Å²) in [6.07, 6.45) is 2.65. The van der Waals surface area contributed by atoms with Gasteiger partial charge in [-0.25, -0.2) is 4.98 Å². The summed E-state index contributed by atoms with van der Waals surface area (Å²) in [5.74, 6) is 0.677. The van der Waals surface area contributed by atoms with Crippen LogP contribution in [0.4, 0.5) is 0 Å². The molecular weight excluding hydrogens is 204 g/mol. The van der Waals surface area contributed by atoms with E-state index in [-0.39, 0.29) is 0 Å². The van der Waals surface area contributed by atoms with Gasteiger partial charge in [-0.05, 0) is 25.6 Å². The lowest BCUT2D eigenvalue weighted by Gasteiger charge is -2.11. The van der Waals surface area contributed by atoms with E-state index in [1.54, 1.807) is 13.3 Å². The molecule has 0 spiro atoms. The van der Waals surface area contributed by atoms with E-state index in [0.717, 1.165) is 6.42 Å². The minimum Gasteiger partial charge on any atom is -0.478 e. The molecule has 1 atom stereocenters. The minimum absolute atomic E-state index is 0.310. The Kier molecular flexibility index (Phi) is 5.82. The maximum Gasteiger partial charge on any atom is 0.213 e. The Bertz CT molecular complexity index is 305. The van der Waals surface area contributed by atoms with Crippen LogP contribution in [0.5, 0.6) is 5.88 Å². The average molecular weight is 224 g/mol. The summed E-state index contributed by atoms with van der Waals surface area (Å²) >= 11 is 0. The van der Waals surface area contributed by atoms with Crippen molar-refractivity contribution >= 4 is 0 Å². The van der Waals surface area contributed by atoms with Crippen LogP contribution in [-0.4, -0.2) is 32.4 Å². The quantitative estimate of drug-likeness (QED) is 0.717. The molecule has 0 aliphatic carbocycles. The Morgan fingerprint density at radius 3 is 2.94 bits per heavy atom. The van der Waals surface area contributed by atoms with Crippen LogP contribution in [0.2, 0.25) is 0 Å². The molecular formula is C12H20N2O2. The Hall–Kier alpha value is -1.13. The third-order valence-electron chi connectivity index (χ3n) is 2.43. The second-order valence-corrected chi connectivity index (χ2v) is 3.63. The maximum absolute atomic E-state index is 5.52. The number of methoxy groups -OCH3 is 1. The number of aromatic nitrogens is 1. The molecule has 1 heterocycles. The Morgan fingerprint density at radius 1 is 1.44 bits per heavy atom. The molecule has 0 amide bonds. The van der Waals surface area contributed by atoms with Gasteiger partial charge in [0.25, 0.3) is 0 Å². The van der Waals surface area contributed by atoms with Crippen molar-refractivity contribution in [1.82, 2.24) is 10.3 Å². The largest absolute Gasteiger partial charge is 0.478 e. The molecule has 1 aromatic rings. The first-order valence-corrected chi connectivity index (χ1v) is 5.53. The highest BCUT2D eigenvalue weighted by Gasteiger charge is 2.04. The van der Waals surface area contributed by atoms with Gasteiger partial charge in [-0.15, -0.1) is 0 Å². The van der Waals surface area contributed by atoms with Gasteiger partial charge in [0.2, 0.25) is 5.88 Å². The van der Waals surface area contributed by atoms with Gasteiger partial charge in [-0.3, -0.25) is 0 Å². The predicted molar refractivity (Wildman–Crippen MR) is 63.7 cm³/mol. The first kappa shape index (κ1) is 12.9. The predicted octanol–water partition coefficient (Wildman–Crippen LogP) is 1.78. The molecule has 0 aliphatic rings. The second-order valence-electron chi connectivity index (χ2n) is 3.63. The van der Waals surface area contributed by atoms with Gasteiger partial charge in [-0.1, -0.05) is 0 Å². The van der Waals surface area contributed by atoms with E-state index in [2.05, 4.69) is 17.2 Å². The van der Waals surface area contributed by atoms with Gasteiger partial charge in [0.05, 0.1) is 6.61 Å². The van der Waals surface area contributed by atoms with Gasteiger partial charge in [-0.2, -0.15) is 0 Å². The van der Waals surface area contributed by atoms with Gasteiger partial charge in [0, 0.05) is 38.4 Å². The summed E-state index contributed by atoms with van der Waals surface area (Å²) < 4.78 is 10.5. The maximum atomic E-state index is 5.52. The van der Waals surface area contributed by atoms with E-state index >= 15 is 0 Å². The lowest BCUT2D eigenvalue weighted by molar-refractivity contribution is 0.170. The van der Waals surface area contributed by atoms with Crippen molar-refractivity contribution in [3.63, 3.8) is 0 Å². The number of rotatable bonds is 7. The molecule has 0 radical (unpaired) electrons. The molecule has 16 heavy (non-hydrogen) atoms. The standard InChI is InChI=1S/C12H20N2O2/c1-10(13-2)11-5-6-14-12(9-11)16-8-4-7-15-3/h5-6,9-10,13H,4,7-8H2,1-3H3. The molecule has 0 aliphatic heterocycles. The van der Waals surface area contributed by atoms with Crippen LogP contribution < -0.4 is 10.1 Å². The molecule has 0 saturated heterocycles. The third kappa shape index (κ3) is 4.16. The van der Waals surface area contributed by atoms with Crippen LogP contribution >= 0.6 is 0 Å². The van der Waals surface area contributed by atoms with E-state index in [4.69, 9.17) is 9.47 Å². The zero-order chi connectivity index (χ0) is 11.8. The fraction of sp³-hybridized carbons (Fsp3) is 0.583. The van der Waals surface area contributed by atoms with Crippen molar-refractivity contribution in [2.45, 2.75) is 19.4 Å². The van der Waals surface area contributed by atoms with Crippen molar-refractivity contribution in [1.29, 1.82) is 0 Å². The summed E-state index contributed by atoms with van der Waals surface area (Å²) in [5, 5.41) is 3.18. The molecule has 0 saturated carbocycles. The molecule has 1 unspecified atom stereocenters. The summed E-state index contributed by atoms with van der Waals surface area (Å²) in [6, 6.07) is 4.27. The van der Waals surface area contributed by atoms with Crippen LogP contribution in [0.25, 0.3) is 0 Å². The Morgan fingerprint density at radius 2 is 2.25 bits per heavy atom. The molecule has 0 fully saturated rings. The molecule has 4 nitrogen and oxygen atoms in total. The third-order valence-corrected chi connectivity index (χ3v) is 2.43. The van der Waals surface area contributed by atoms with Crippen molar-refractivity contribution in [3.8, 4) is 5.88 Å². The number of hydrogen-bond donors (Lipinski definition) is 1. The van der Waals surface area contributed by atoms with E-state index in [1.807, 2.05) is 19.2 Å². The van der Waals surface area contributed by atoms with E-state index in [0.29, 0.717) is 25.1 Å². The topological polar surface area (TPSA) is 43.4 Å². The summed E-state index contributed by atoms with van der Waals surface area (Å²) in [5.41, 5.74) is 1.18. The smallest absolute Gasteiger partial charge is 0.213 e. The zero-order valence-corrected chi connectivity index (χ0v) is 10.2. The van der Waals surface area contributed by atoms with E-state index in [1.165, 1.54) is 5.56 Å². The first-order chi connectivity index (χ1) is 7.77. The fourth-order valence-corrected chi connectivity index (χ4v) is 1.32. The molecule has 1 N–H and O–H groups in total. The fourth-order valence-electron chi connectivity index (χ4n) is 1.32. The second kappa shape index (κ2) is 7.19. The lowest BCUT2D eigenvalue weighted by Crippen LogP contribution is -2.12. The van der Waals surface area contributed by atoms with Crippen LogP contribution in [0.15, 0.2) is 18.3 Å². The summed E-state index contributed by atoms with van der Waals surface area (Å²) in [4.78, 5) is 4.16. The number of nitrogens with one attached hydrogen (secondary N) is 1. The van der Waals surface area contributed by atoms with Gasteiger partial charge < -0.3 is 14.8 Å². The first-order valence-electron chi connectivity index (χ1n) is 5.53. The summed E-state index contributed by atoms with van der Waals surface area (Å²) in [7, 11) is 3.62. The Balaban J connectivity index is 2.47. The van der Waals surface area contributed by atoms with Crippen molar-refractivity contribution in [3.05, 3.63) is 23.9 Å². The number of nitrogens with zero attached hydrogens (tertiary/aromatic N) is 1. The van der Waals surface area contributed by atoms with Crippen LogP contribution in [0, 0.1) is 0 Å². The lowest BCUT2D eigenvalue weighted by atomic mass is 10.1. The van der Waals surface area contributed by atoms with Gasteiger partial charge in [0.1, 0.15) is 0 Å². The zero-order valence-electron chi connectivity index (χ0n) is 10.2. The highest BCUT2D eigenvalue weighted by Crippen LogP contribution is 2.16. The molecule has 1 aromatic heterocycles.